The maximum atomic E-state index is 5.42. The lowest BCUT2D eigenvalue weighted by Crippen LogP contribution is -2.39. The Morgan fingerprint density at radius 1 is 1.15 bits per heavy atom. The molecule has 0 unspecified atom stereocenters. The predicted molar refractivity (Wildman–Crippen MR) is 120 cm³/mol. The zero-order chi connectivity index (χ0) is 17.9. The molecular weight excluding hydrogens is 439 g/mol. The van der Waals surface area contributed by atoms with E-state index in [1.807, 2.05) is 7.05 Å². The highest BCUT2D eigenvalue weighted by Gasteiger charge is 2.11. The van der Waals surface area contributed by atoms with E-state index in [1.165, 1.54) is 24.0 Å². The highest BCUT2D eigenvalue weighted by atomic mass is 127. The second kappa shape index (κ2) is 13.3. The van der Waals surface area contributed by atoms with E-state index in [0.29, 0.717) is 5.92 Å². The summed E-state index contributed by atoms with van der Waals surface area (Å²) in [6, 6.07) is 8.81. The molecule has 0 bridgehead atoms. The summed E-state index contributed by atoms with van der Waals surface area (Å²) in [5.41, 5.74) is 2.65. The second-order valence-electron chi connectivity index (χ2n) is 6.70. The molecule has 1 aromatic rings. The van der Waals surface area contributed by atoms with Crippen molar-refractivity contribution in [1.29, 1.82) is 0 Å². The van der Waals surface area contributed by atoms with E-state index in [2.05, 4.69) is 58.6 Å². The first-order chi connectivity index (χ1) is 12.2. The van der Waals surface area contributed by atoms with E-state index in [9.17, 15) is 0 Å². The van der Waals surface area contributed by atoms with Crippen molar-refractivity contribution in [1.82, 2.24) is 15.5 Å². The zero-order valence-electron chi connectivity index (χ0n) is 16.5. The first kappa shape index (κ1) is 23.2. The van der Waals surface area contributed by atoms with Crippen LogP contribution < -0.4 is 10.6 Å². The maximum Gasteiger partial charge on any atom is 0.191 e. The number of hydrogen-bond acceptors (Lipinski definition) is 3. The van der Waals surface area contributed by atoms with Crippen molar-refractivity contribution in [3.63, 3.8) is 0 Å². The fourth-order valence-electron chi connectivity index (χ4n) is 3.08. The SMILES string of the molecule is CCC(CC)CNC(=NC)NCc1cccc(CN2CCOCC2)c1.I. The number of rotatable bonds is 8. The Kier molecular flexibility index (Phi) is 11.9. The summed E-state index contributed by atoms with van der Waals surface area (Å²) in [5.74, 6) is 1.58. The highest BCUT2D eigenvalue weighted by Crippen LogP contribution is 2.10. The van der Waals surface area contributed by atoms with Crippen molar-refractivity contribution < 1.29 is 4.74 Å². The molecule has 0 aromatic heterocycles. The molecule has 1 aliphatic heterocycles. The molecule has 148 valence electrons. The molecule has 0 amide bonds. The third-order valence-corrected chi connectivity index (χ3v) is 4.90. The van der Waals surface area contributed by atoms with Crippen LogP contribution in [0.4, 0.5) is 0 Å². The van der Waals surface area contributed by atoms with Gasteiger partial charge in [-0.2, -0.15) is 0 Å². The van der Waals surface area contributed by atoms with Gasteiger partial charge in [0.15, 0.2) is 5.96 Å². The molecule has 5 nitrogen and oxygen atoms in total. The molecule has 1 aromatic carbocycles. The lowest BCUT2D eigenvalue weighted by Gasteiger charge is -2.26. The predicted octanol–water partition coefficient (Wildman–Crippen LogP) is 3.24. The largest absolute Gasteiger partial charge is 0.379 e. The minimum Gasteiger partial charge on any atom is -0.379 e. The second-order valence-corrected chi connectivity index (χ2v) is 6.70. The van der Waals surface area contributed by atoms with Crippen molar-refractivity contribution in [3.8, 4) is 0 Å². The van der Waals surface area contributed by atoms with Crippen LogP contribution in [-0.2, 0) is 17.8 Å². The molecule has 0 saturated carbocycles. The van der Waals surface area contributed by atoms with E-state index in [0.717, 1.165) is 51.9 Å². The fraction of sp³-hybridized carbons (Fsp3) is 0.650. The monoisotopic (exact) mass is 474 g/mol. The average Bonchev–Trinajstić information content (AvgIpc) is 2.66. The standard InChI is InChI=1S/C20H34N4O.HI/c1-4-17(5-2)14-22-20(21-3)23-15-18-7-6-8-19(13-18)16-24-9-11-25-12-10-24;/h6-8,13,17H,4-5,9-12,14-16H2,1-3H3,(H2,21,22,23);1H. The van der Waals surface area contributed by atoms with Crippen molar-refractivity contribution >= 4 is 29.9 Å². The number of aliphatic imine (C=N–C) groups is 1. The molecule has 1 fully saturated rings. The van der Waals surface area contributed by atoms with E-state index in [1.54, 1.807) is 0 Å². The van der Waals surface area contributed by atoms with Gasteiger partial charge in [-0.25, -0.2) is 0 Å². The van der Waals surface area contributed by atoms with Crippen molar-refractivity contribution in [2.45, 2.75) is 39.8 Å². The Hall–Kier alpha value is -0.860. The molecular formula is C20H35IN4O. The molecule has 0 spiro atoms. The smallest absolute Gasteiger partial charge is 0.191 e. The molecule has 0 atom stereocenters. The van der Waals surface area contributed by atoms with Crippen molar-refractivity contribution in [2.75, 3.05) is 39.9 Å². The van der Waals surface area contributed by atoms with E-state index < -0.39 is 0 Å². The van der Waals surface area contributed by atoms with E-state index >= 15 is 0 Å². The van der Waals surface area contributed by atoms with Gasteiger partial charge in [-0.3, -0.25) is 9.89 Å². The summed E-state index contributed by atoms with van der Waals surface area (Å²) < 4.78 is 5.42. The van der Waals surface area contributed by atoms with Crippen LogP contribution in [0.25, 0.3) is 0 Å². The van der Waals surface area contributed by atoms with Gasteiger partial charge in [0.05, 0.1) is 13.2 Å². The molecule has 1 heterocycles. The van der Waals surface area contributed by atoms with Crippen LogP contribution in [0.5, 0.6) is 0 Å². The molecule has 0 radical (unpaired) electrons. The van der Waals surface area contributed by atoms with Crippen molar-refractivity contribution in [2.24, 2.45) is 10.9 Å². The summed E-state index contributed by atoms with van der Waals surface area (Å²) in [6.45, 7) is 11.0. The Morgan fingerprint density at radius 3 is 2.50 bits per heavy atom. The number of nitrogens with zero attached hydrogens (tertiary/aromatic N) is 2. The quantitative estimate of drug-likeness (QED) is 0.345. The van der Waals surface area contributed by atoms with Gasteiger partial charge in [0.2, 0.25) is 0 Å². The number of ether oxygens (including phenoxy) is 1. The van der Waals surface area contributed by atoms with Gasteiger partial charge in [-0.1, -0.05) is 51.0 Å². The van der Waals surface area contributed by atoms with Crippen LogP contribution in [0, 0.1) is 5.92 Å². The summed E-state index contributed by atoms with van der Waals surface area (Å²) >= 11 is 0. The topological polar surface area (TPSA) is 48.9 Å². The van der Waals surface area contributed by atoms with Crippen LogP contribution in [0.15, 0.2) is 29.3 Å². The summed E-state index contributed by atoms with van der Waals surface area (Å²) in [7, 11) is 1.83. The number of nitrogens with one attached hydrogen (secondary N) is 2. The van der Waals surface area contributed by atoms with Gasteiger partial charge in [0.1, 0.15) is 0 Å². The van der Waals surface area contributed by atoms with Gasteiger partial charge in [0.25, 0.3) is 0 Å². The van der Waals surface area contributed by atoms with Crippen LogP contribution in [0.3, 0.4) is 0 Å². The third-order valence-electron chi connectivity index (χ3n) is 4.90. The number of hydrogen-bond donors (Lipinski definition) is 2. The van der Waals surface area contributed by atoms with Gasteiger partial charge in [-0.05, 0) is 17.0 Å². The molecule has 2 N–H and O–H groups in total. The maximum absolute atomic E-state index is 5.42. The molecule has 1 aliphatic rings. The third kappa shape index (κ3) is 8.22. The highest BCUT2D eigenvalue weighted by molar-refractivity contribution is 14.0. The number of morpholine rings is 1. The molecule has 1 saturated heterocycles. The summed E-state index contributed by atoms with van der Waals surface area (Å²) in [4.78, 5) is 6.78. The number of halogens is 1. The number of benzene rings is 1. The zero-order valence-corrected chi connectivity index (χ0v) is 18.8. The first-order valence-corrected chi connectivity index (χ1v) is 9.57. The normalized spacial score (nSPS) is 15.6. The lowest BCUT2D eigenvalue weighted by molar-refractivity contribution is 0.0342. The van der Waals surface area contributed by atoms with Gasteiger partial charge >= 0.3 is 0 Å². The molecule has 26 heavy (non-hydrogen) atoms. The van der Waals surface area contributed by atoms with E-state index in [-0.39, 0.29) is 24.0 Å². The van der Waals surface area contributed by atoms with Crippen LogP contribution in [0.2, 0.25) is 0 Å². The first-order valence-electron chi connectivity index (χ1n) is 9.57. The van der Waals surface area contributed by atoms with Crippen LogP contribution in [0.1, 0.15) is 37.8 Å². The average molecular weight is 474 g/mol. The Bertz CT molecular complexity index is 528. The Morgan fingerprint density at radius 2 is 1.85 bits per heavy atom. The van der Waals surface area contributed by atoms with Crippen LogP contribution in [-0.4, -0.2) is 50.8 Å². The Labute approximate surface area is 176 Å². The molecule has 0 aliphatic carbocycles. The van der Waals surface area contributed by atoms with Gasteiger partial charge < -0.3 is 15.4 Å². The van der Waals surface area contributed by atoms with Gasteiger partial charge in [0, 0.05) is 39.8 Å². The lowest BCUT2D eigenvalue weighted by atomic mass is 10.0. The Balaban J connectivity index is 0.00000338. The fourth-order valence-corrected chi connectivity index (χ4v) is 3.08. The van der Waals surface area contributed by atoms with Gasteiger partial charge in [-0.15, -0.1) is 24.0 Å². The number of guanidine groups is 1. The van der Waals surface area contributed by atoms with E-state index in [4.69, 9.17) is 4.74 Å². The molecule has 2 rings (SSSR count). The summed E-state index contributed by atoms with van der Waals surface area (Å²) in [6.07, 6.45) is 2.40. The minimum absolute atomic E-state index is 0. The van der Waals surface area contributed by atoms with Crippen molar-refractivity contribution in [3.05, 3.63) is 35.4 Å². The molecule has 6 heteroatoms. The summed E-state index contributed by atoms with van der Waals surface area (Å²) in [5, 5.41) is 6.86. The van der Waals surface area contributed by atoms with Crippen LogP contribution >= 0.6 is 24.0 Å². The minimum atomic E-state index is 0.